The molecular weight excluding hydrogens is 316 g/mol. The van der Waals surface area contributed by atoms with Gasteiger partial charge in [-0.2, -0.15) is 0 Å². The van der Waals surface area contributed by atoms with Gasteiger partial charge in [0, 0.05) is 50.9 Å². The standard InChI is InChI=1S/C19H24N4O2/c1-25-18-6-3-2-5-15(18)10-21-11-16-9-20-14-23(16)17(12-21)13-22-8-4-7-19(22)24/h2-3,5-6,9,14,17H,4,7-8,10-13H2,1H3/t17-/m0/s1. The molecule has 0 aliphatic carbocycles. The van der Waals surface area contributed by atoms with E-state index in [9.17, 15) is 4.79 Å². The maximum atomic E-state index is 12.0. The van der Waals surface area contributed by atoms with E-state index in [2.05, 4.69) is 20.5 Å². The summed E-state index contributed by atoms with van der Waals surface area (Å²) in [6.07, 6.45) is 5.51. The molecule has 2 aliphatic heterocycles. The van der Waals surface area contributed by atoms with Gasteiger partial charge < -0.3 is 14.2 Å². The molecule has 0 spiro atoms. The van der Waals surface area contributed by atoms with Crippen LogP contribution in [0.15, 0.2) is 36.8 Å². The summed E-state index contributed by atoms with van der Waals surface area (Å²) in [7, 11) is 1.71. The Bertz CT molecular complexity index is 757. The minimum absolute atomic E-state index is 0.253. The van der Waals surface area contributed by atoms with Gasteiger partial charge in [-0.1, -0.05) is 18.2 Å². The van der Waals surface area contributed by atoms with Crippen molar-refractivity contribution in [1.82, 2.24) is 19.4 Å². The van der Waals surface area contributed by atoms with Crippen molar-refractivity contribution in [2.75, 3.05) is 26.7 Å². The molecule has 6 heteroatoms. The lowest BCUT2D eigenvalue weighted by Crippen LogP contribution is -2.42. The highest BCUT2D eigenvalue weighted by molar-refractivity contribution is 5.78. The molecule has 25 heavy (non-hydrogen) atoms. The number of aromatic nitrogens is 2. The number of carbonyl (C=O) groups excluding carboxylic acids is 1. The third-order valence-corrected chi connectivity index (χ3v) is 5.18. The van der Waals surface area contributed by atoms with Gasteiger partial charge >= 0.3 is 0 Å². The summed E-state index contributed by atoms with van der Waals surface area (Å²) >= 11 is 0. The summed E-state index contributed by atoms with van der Waals surface area (Å²) in [4.78, 5) is 20.8. The second kappa shape index (κ2) is 6.88. The van der Waals surface area contributed by atoms with Crippen molar-refractivity contribution < 1.29 is 9.53 Å². The first-order valence-corrected chi connectivity index (χ1v) is 8.87. The van der Waals surface area contributed by atoms with Crippen LogP contribution >= 0.6 is 0 Å². The van der Waals surface area contributed by atoms with E-state index in [0.29, 0.717) is 6.42 Å². The highest BCUT2D eigenvalue weighted by atomic mass is 16.5. The Kier molecular flexibility index (Phi) is 4.44. The zero-order chi connectivity index (χ0) is 17.2. The Morgan fingerprint density at radius 1 is 1.32 bits per heavy atom. The molecule has 0 unspecified atom stereocenters. The molecule has 0 N–H and O–H groups in total. The lowest BCUT2D eigenvalue weighted by molar-refractivity contribution is -0.128. The third-order valence-electron chi connectivity index (χ3n) is 5.18. The molecule has 1 aromatic carbocycles. The Labute approximate surface area is 148 Å². The molecule has 0 radical (unpaired) electrons. The quantitative estimate of drug-likeness (QED) is 0.836. The molecule has 2 aliphatic rings. The Hall–Kier alpha value is -2.34. The number of amides is 1. The van der Waals surface area contributed by atoms with Crippen LogP contribution in [0.2, 0.25) is 0 Å². The van der Waals surface area contributed by atoms with Crippen LogP contribution in [0.4, 0.5) is 0 Å². The number of hydrogen-bond acceptors (Lipinski definition) is 4. The first-order chi connectivity index (χ1) is 12.2. The summed E-state index contributed by atoms with van der Waals surface area (Å²) in [5.41, 5.74) is 2.40. The van der Waals surface area contributed by atoms with Gasteiger partial charge in [-0.15, -0.1) is 0 Å². The molecule has 1 fully saturated rings. The average molecular weight is 340 g/mol. The Morgan fingerprint density at radius 2 is 2.20 bits per heavy atom. The Morgan fingerprint density at radius 3 is 3.00 bits per heavy atom. The van der Waals surface area contributed by atoms with Crippen LogP contribution < -0.4 is 4.74 Å². The molecule has 3 heterocycles. The molecule has 1 saturated heterocycles. The van der Waals surface area contributed by atoms with Gasteiger partial charge in [-0.05, 0) is 12.5 Å². The predicted molar refractivity (Wildman–Crippen MR) is 94.2 cm³/mol. The van der Waals surface area contributed by atoms with E-state index in [0.717, 1.165) is 44.9 Å². The molecular formula is C19H24N4O2. The van der Waals surface area contributed by atoms with E-state index in [1.807, 2.05) is 35.6 Å². The van der Waals surface area contributed by atoms with Crippen LogP contribution in [0, 0.1) is 0 Å². The second-order valence-electron chi connectivity index (χ2n) is 6.87. The summed E-state index contributed by atoms with van der Waals surface area (Å²) < 4.78 is 7.73. The first-order valence-electron chi connectivity index (χ1n) is 8.87. The van der Waals surface area contributed by atoms with Gasteiger partial charge in [0.15, 0.2) is 0 Å². The second-order valence-corrected chi connectivity index (χ2v) is 6.87. The molecule has 1 aromatic heterocycles. The van der Waals surface area contributed by atoms with E-state index >= 15 is 0 Å². The number of fused-ring (bicyclic) bond motifs is 1. The molecule has 132 valence electrons. The van der Waals surface area contributed by atoms with Gasteiger partial charge in [-0.25, -0.2) is 4.98 Å². The van der Waals surface area contributed by atoms with Crippen LogP contribution in [0.25, 0.3) is 0 Å². The number of imidazole rings is 1. The van der Waals surface area contributed by atoms with E-state index in [1.54, 1.807) is 7.11 Å². The first kappa shape index (κ1) is 16.1. The Balaban J connectivity index is 1.52. The van der Waals surface area contributed by atoms with Crippen LogP contribution in [0.1, 0.15) is 30.1 Å². The number of ether oxygens (including phenoxy) is 1. The zero-order valence-corrected chi connectivity index (χ0v) is 14.6. The van der Waals surface area contributed by atoms with Gasteiger partial charge in [-0.3, -0.25) is 9.69 Å². The number of hydrogen-bond donors (Lipinski definition) is 0. The van der Waals surface area contributed by atoms with Gasteiger partial charge in [0.25, 0.3) is 0 Å². The molecule has 1 amide bonds. The smallest absolute Gasteiger partial charge is 0.222 e. The number of carbonyl (C=O) groups is 1. The van der Waals surface area contributed by atoms with Crippen LogP contribution in [-0.4, -0.2) is 52.0 Å². The molecule has 1 atom stereocenters. The summed E-state index contributed by atoms with van der Waals surface area (Å²) in [6.45, 7) is 4.25. The molecule has 0 saturated carbocycles. The van der Waals surface area contributed by atoms with Crippen molar-refractivity contribution >= 4 is 5.91 Å². The van der Waals surface area contributed by atoms with E-state index in [1.165, 1.54) is 11.3 Å². The highest BCUT2D eigenvalue weighted by Crippen LogP contribution is 2.27. The minimum atomic E-state index is 0.253. The predicted octanol–water partition coefficient (Wildman–Crippen LogP) is 2.07. The fourth-order valence-corrected chi connectivity index (χ4v) is 3.96. The van der Waals surface area contributed by atoms with Crippen molar-refractivity contribution in [3.8, 4) is 5.75 Å². The van der Waals surface area contributed by atoms with Crippen molar-refractivity contribution in [3.63, 3.8) is 0 Å². The largest absolute Gasteiger partial charge is 0.496 e. The third kappa shape index (κ3) is 3.26. The normalized spacial score (nSPS) is 20.8. The fraction of sp³-hybridized carbons (Fsp3) is 0.474. The van der Waals surface area contributed by atoms with Crippen LogP contribution in [0.5, 0.6) is 5.75 Å². The number of likely N-dealkylation sites (tertiary alicyclic amines) is 1. The highest BCUT2D eigenvalue weighted by Gasteiger charge is 2.30. The van der Waals surface area contributed by atoms with Crippen molar-refractivity contribution in [3.05, 3.63) is 48.0 Å². The fourth-order valence-electron chi connectivity index (χ4n) is 3.96. The maximum Gasteiger partial charge on any atom is 0.222 e. The lowest BCUT2D eigenvalue weighted by atomic mass is 10.1. The van der Waals surface area contributed by atoms with Crippen molar-refractivity contribution in [1.29, 1.82) is 0 Å². The van der Waals surface area contributed by atoms with Crippen LogP contribution in [-0.2, 0) is 17.9 Å². The number of methoxy groups -OCH3 is 1. The summed E-state index contributed by atoms with van der Waals surface area (Å²) in [5, 5.41) is 0. The SMILES string of the molecule is COc1ccccc1CN1Cc2cncn2[C@H](CN2CCCC2=O)C1. The van der Waals surface area contributed by atoms with Crippen LogP contribution in [0.3, 0.4) is 0 Å². The molecule has 0 bridgehead atoms. The summed E-state index contributed by atoms with van der Waals surface area (Å²) in [5.74, 6) is 1.20. The molecule has 2 aromatic rings. The average Bonchev–Trinajstić information content (AvgIpc) is 3.25. The van der Waals surface area contributed by atoms with E-state index in [4.69, 9.17) is 4.74 Å². The van der Waals surface area contributed by atoms with Crippen molar-refractivity contribution in [2.45, 2.75) is 32.0 Å². The monoisotopic (exact) mass is 340 g/mol. The molecule has 4 rings (SSSR count). The number of benzene rings is 1. The zero-order valence-electron chi connectivity index (χ0n) is 14.6. The topological polar surface area (TPSA) is 50.6 Å². The minimum Gasteiger partial charge on any atom is -0.496 e. The molecule has 6 nitrogen and oxygen atoms in total. The van der Waals surface area contributed by atoms with E-state index < -0.39 is 0 Å². The van der Waals surface area contributed by atoms with Gasteiger partial charge in [0.1, 0.15) is 5.75 Å². The van der Waals surface area contributed by atoms with Gasteiger partial charge in [0.2, 0.25) is 5.91 Å². The van der Waals surface area contributed by atoms with Crippen molar-refractivity contribution in [2.24, 2.45) is 0 Å². The lowest BCUT2D eigenvalue weighted by Gasteiger charge is -2.36. The number of para-hydroxylation sites is 1. The number of nitrogens with zero attached hydrogens (tertiary/aromatic N) is 4. The summed E-state index contributed by atoms with van der Waals surface area (Å²) in [6, 6.07) is 8.41. The maximum absolute atomic E-state index is 12.0. The number of rotatable bonds is 5. The van der Waals surface area contributed by atoms with Gasteiger partial charge in [0.05, 0.1) is 25.2 Å². The van der Waals surface area contributed by atoms with E-state index in [-0.39, 0.29) is 11.9 Å².